The first kappa shape index (κ1) is 26.1. The SMILES string of the molecule is CC(=O)N[C@@H](Cc1ccc(OCc2ccccc2)cc1)c1ncc(-c2cccc(Nc3cc(C)ccn3)n2)s1. The molecule has 5 aromatic rings. The van der Waals surface area contributed by atoms with Gasteiger partial charge in [-0.15, -0.1) is 11.3 Å². The Balaban J connectivity index is 1.28. The summed E-state index contributed by atoms with van der Waals surface area (Å²) in [7, 11) is 0. The maximum Gasteiger partial charge on any atom is 0.217 e. The molecular weight excluding hydrogens is 506 g/mol. The molecule has 0 aliphatic heterocycles. The number of hydrogen-bond donors (Lipinski definition) is 2. The van der Waals surface area contributed by atoms with Crippen molar-refractivity contribution in [2.75, 3.05) is 5.32 Å². The zero-order chi connectivity index (χ0) is 27.0. The number of carbonyl (C=O) groups excluding carboxylic acids is 1. The minimum Gasteiger partial charge on any atom is -0.489 e. The summed E-state index contributed by atoms with van der Waals surface area (Å²) in [5, 5.41) is 7.14. The van der Waals surface area contributed by atoms with Crippen molar-refractivity contribution in [1.82, 2.24) is 20.3 Å². The molecule has 0 saturated heterocycles. The van der Waals surface area contributed by atoms with Crippen LogP contribution in [0.1, 0.15) is 34.7 Å². The number of benzene rings is 2. The molecule has 39 heavy (non-hydrogen) atoms. The van der Waals surface area contributed by atoms with Crippen molar-refractivity contribution in [3.05, 3.63) is 119 Å². The minimum absolute atomic E-state index is 0.102. The summed E-state index contributed by atoms with van der Waals surface area (Å²) in [6.45, 7) is 4.07. The number of amides is 1. The van der Waals surface area contributed by atoms with Crippen LogP contribution in [0.25, 0.3) is 10.6 Å². The maximum atomic E-state index is 12.0. The number of ether oxygens (including phenoxy) is 1. The number of nitrogens with zero attached hydrogens (tertiary/aromatic N) is 3. The molecule has 2 N–H and O–H groups in total. The Morgan fingerprint density at radius 2 is 1.74 bits per heavy atom. The number of aromatic nitrogens is 3. The van der Waals surface area contributed by atoms with Crippen molar-refractivity contribution in [3.63, 3.8) is 0 Å². The average Bonchev–Trinajstić information content (AvgIpc) is 3.44. The normalized spacial score (nSPS) is 11.5. The summed E-state index contributed by atoms with van der Waals surface area (Å²) in [6, 6.07) is 27.5. The monoisotopic (exact) mass is 535 g/mol. The first-order chi connectivity index (χ1) is 19.0. The smallest absolute Gasteiger partial charge is 0.217 e. The van der Waals surface area contributed by atoms with Crippen LogP contribution in [0.2, 0.25) is 0 Å². The van der Waals surface area contributed by atoms with Crippen molar-refractivity contribution in [2.45, 2.75) is 32.9 Å². The number of nitrogens with one attached hydrogen (secondary N) is 2. The van der Waals surface area contributed by atoms with Crippen molar-refractivity contribution in [1.29, 1.82) is 0 Å². The van der Waals surface area contributed by atoms with Gasteiger partial charge in [-0.3, -0.25) is 4.79 Å². The van der Waals surface area contributed by atoms with Crippen LogP contribution in [-0.4, -0.2) is 20.9 Å². The van der Waals surface area contributed by atoms with Crippen LogP contribution >= 0.6 is 11.3 Å². The van der Waals surface area contributed by atoms with Gasteiger partial charge in [0, 0.05) is 19.3 Å². The maximum absolute atomic E-state index is 12.0. The van der Waals surface area contributed by atoms with Gasteiger partial charge in [0.2, 0.25) is 5.91 Å². The highest BCUT2D eigenvalue weighted by atomic mass is 32.1. The first-order valence-electron chi connectivity index (χ1n) is 12.7. The van der Waals surface area contributed by atoms with E-state index in [9.17, 15) is 4.79 Å². The molecule has 2 aromatic carbocycles. The lowest BCUT2D eigenvalue weighted by atomic mass is 10.1. The van der Waals surface area contributed by atoms with Crippen LogP contribution in [-0.2, 0) is 17.8 Å². The number of aryl methyl sites for hydroxylation is 1. The van der Waals surface area contributed by atoms with Gasteiger partial charge in [-0.05, 0) is 66.4 Å². The van der Waals surface area contributed by atoms with Gasteiger partial charge in [0.15, 0.2) is 0 Å². The Morgan fingerprint density at radius 3 is 2.51 bits per heavy atom. The van der Waals surface area contributed by atoms with Gasteiger partial charge in [-0.2, -0.15) is 0 Å². The second-order valence-electron chi connectivity index (χ2n) is 9.19. The van der Waals surface area contributed by atoms with Gasteiger partial charge < -0.3 is 15.4 Å². The molecule has 0 aliphatic rings. The van der Waals surface area contributed by atoms with E-state index < -0.39 is 0 Å². The summed E-state index contributed by atoms with van der Waals surface area (Å²) in [5.41, 5.74) is 4.12. The minimum atomic E-state index is -0.255. The van der Waals surface area contributed by atoms with E-state index in [4.69, 9.17) is 9.72 Å². The lowest BCUT2D eigenvalue weighted by Crippen LogP contribution is -2.27. The molecule has 0 bridgehead atoms. The summed E-state index contributed by atoms with van der Waals surface area (Å²) >= 11 is 1.53. The summed E-state index contributed by atoms with van der Waals surface area (Å²) in [4.78, 5) is 26.7. The number of pyridine rings is 2. The van der Waals surface area contributed by atoms with Crippen LogP contribution in [0.4, 0.5) is 11.6 Å². The number of hydrogen-bond acceptors (Lipinski definition) is 7. The quantitative estimate of drug-likeness (QED) is 0.208. The second-order valence-corrected chi connectivity index (χ2v) is 10.3. The first-order valence-corrected chi connectivity index (χ1v) is 13.5. The van der Waals surface area contributed by atoms with E-state index in [1.165, 1.54) is 18.3 Å². The molecule has 196 valence electrons. The van der Waals surface area contributed by atoms with E-state index in [1.807, 2.05) is 98.0 Å². The van der Waals surface area contributed by atoms with Crippen LogP contribution in [0, 0.1) is 6.92 Å². The highest BCUT2D eigenvalue weighted by Gasteiger charge is 2.19. The van der Waals surface area contributed by atoms with Crippen LogP contribution < -0.4 is 15.4 Å². The number of thiazole rings is 1. The molecule has 0 unspecified atom stereocenters. The van der Waals surface area contributed by atoms with Crippen molar-refractivity contribution in [2.24, 2.45) is 0 Å². The van der Waals surface area contributed by atoms with Crippen LogP contribution in [0.15, 0.2) is 97.3 Å². The largest absolute Gasteiger partial charge is 0.489 e. The van der Waals surface area contributed by atoms with Crippen molar-refractivity contribution < 1.29 is 9.53 Å². The lowest BCUT2D eigenvalue weighted by molar-refractivity contribution is -0.119. The fraction of sp³-hybridized carbons (Fsp3) is 0.161. The molecule has 3 aromatic heterocycles. The third-order valence-corrected chi connectivity index (χ3v) is 7.12. The Kier molecular flexibility index (Phi) is 8.23. The second kappa shape index (κ2) is 12.3. The van der Waals surface area contributed by atoms with E-state index in [0.29, 0.717) is 18.8 Å². The zero-order valence-electron chi connectivity index (χ0n) is 21.8. The number of carbonyl (C=O) groups is 1. The van der Waals surface area contributed by atoms with E-state index >= 15 is 0 Å². The summed E-state index contributed by atoms with van der Waals surface area (Å²) < 4.78 is 5.91. The predicted molar refractivity (Wildman–Crippen MR) is 155 cm³/mol. The molecule has 0 aliphatic carbocycles. The van der Waals surface area contributed by atoms with E-state index in [1.54, 1.807) is 6.20 Å². The van der Waals surface area contributed by atoms with Crippen molar-refractivity contribution in [3.8, 4) is 16.3 Å². The molecule has 1 atom stereocenters. The zero-order valence-corrected chi connectivity index (χ0v) is 22.6. The highest BCUT2D eigenvalue weighted by molar-refractivity contribution is 7.15. The molecule has 8 heteroatoms. The van der Waals surface area contributed by atoms with Crippen molar-refractivity contribution >= 4 is 28.9 Å². The molecule has 3 heterocycles. The van der Waals surface area contributed by atoms with Gasteiger partial charge >= 0.3 is 0 Å². The highest BCUT2D eigenvalue weighted by Crippen LogP contribution is 2.31. The standard InChI is InChI=1S/C31H29N5O2S/c1-21-15-16-32-30(17-21)36-29-10-6-9-26(35-29)28-19-33-31(39-28)27(34-22(2)37)18-23-11-13-25(14-12-23)38-20-24-7-4-3-5-8-24/h3-17,19,27H,18,20H2,1-2H3,(H,34,37)(H,32,35,36)/t27-/m0/s1. The Morgan fingerprint density at radius 1 is 0.923 bits per heavy atom. The molecule has 1 amide bonds. The van der Waals surface area contributed by atoms with Gasteiger partial charge in [-0.25, -0.2) is 15.0 Å². The fourth-order valence-corrected chi connectivity index (χ4v) is 5.03. The molecule has 7 nitrogen and oxygen atoms in total. The molecule has 0 spiro atoms. The lowest BCUT2D eigenvalue weighted by Gasteiger charge is -2.16. The molecule has 0 radical (unpaired) electrons. The Bertz CT molecular complexity index is 1540. The number of rotatable bonds is 10. The van der Waals surface area contributed by atoms with E-state index in [-0.39, 0.29) is 11.9 Å². The molecular formula is C31H29N5O2S. The van der Waals surface area contributed by atoms with Crippen LogP contribution in [0.5, 0.6) is 5.75 Å². The number of anilines is 2. The van der Waals surface area contributed by atoms with Gasteiger partial charge in [0.1, 0.15) is 29.0 Å². The topological polar surface area (TPSA) is 89.0 Å². The average molecular weight is 536 g/mol. The summed E-state index contributed by atoms with van der Waals surface area (Å²) in [5.74, 6) is 2.14. The van der Waals surface area contributed by atoms with Gasteiger partial charge in [0.05, 0.1) is 16.6 Å². The Hall–Kier alpha value is -4.56. The molecule has 0 fully saturated rings. The third kappa shape index (κ3) is 7.27. The van der Waals surface area contributed by atoms with E-state index in [2.05, 4.69) is 20.6 Å². The predicted octanol–water partition coefficient (Wildman–Crippen LogP) is 6.65. The third-order valence-electron chi connectivity index (χ3n) is 5.98. The van der Waals surface area contributed by atoms with Crippen LogP contribution in [0.3, 0.4) is 0 Å². The Labute approximate surface area is 232 Å². The van der Waals surface area contributed by atoms with E-state index in [0.717, 1.165) is 43.8 Å². The fourth-order valence-electron chi connectivity index (χ4n) is 4.09. The molecule has 0 saturated carbocycles. The summed E-state index contributed by atoms with van der Waals surface area (Å²) in [6.07, 6.45) is 4.19. The van der Waals surface area contributed by atoms with Gasteiger partial charge in [-0.1, -0.05) is 48.5 Å². The molecule has 5 rings (SSSR count). The van der Waals surface area contributed by atoms with Gasteiger partial charge in [0.25, 0.3) is 0 Å².